The summed E-state index contributed by atoms with van der Waals surface area (Å²) >= 11 is 0. The molecule has 258 valence electrons. The molecule has 0 atom stereocenters. The molecule has 0 aliphatic heterocycles. The molecule has 0 N–H and O–H groups in total. The van der Waals surface area contributed by atoms with Gasteiger partial charge in [0.15, 0.2) is 0 Å². The summed E-state index contributed by atoms with van der Waals surface area (Å²) in [6, 6.07) is 81.4. The summed E-state index contributed by atoms with van der Waals surface area (Å²) < 4.78 is 0. The van der Waals surface area contributed by atoms with Crippen molar-refractivity contribution < 1.29 is 0 Å². The lowest BCUT2D eigenvalue weighted by Crippen LogP contribution is -2.11. The Morgan fingerprint density at radius 2 is 0.618 bits per heavy atom. The van der Waals surface area contributed by atoms with Crippen molar-refractivity contribution >= 4 is 49.4 Å². The second-order valence-corrected chi connectivity index (χ2v) is 14.1. The van der Waals surface area contributed by atoms with Crippen LogP contribution in [0.4, 0.5) is 17.1 Å². The van der Waals surface area contributed by atoms with Gasteiger partial charge in [0.1, 0.15) is 0 Å². The summed E-state index contributed by atoms with van der Waals surface area (Å²) in [6.07, 6.45) is 0. The van der Waals surface area contributed by atoms with E-state index < -0.39 is 0 Å². The first-order chi connectivity index (χ1) is 27.3. The minimum absolute atomic E-state index is 1.10. The predicted octanol–water partition coefficient (Wildman–Crippen LogP) is 15.3. The van der Waals surface area contributed by atoms with Crippen molar-refractivity contribution in [3.8, 4) is 44.5 Å². The van der Waals surface area contributed by atoms with E-state index in [1.807, 2.05) is 0 Å². The second-order valence-electron chi connectivity index (χ2n) is 14.1. The van der Waals surface area contributed by atoms with Crippen LogP contribution in [0, 0.1) is 0 Å². The van der Waals surface area contributed by atoms with E-state index in [9.17, 15) is 0 Å². The Balaban J connectivity index is 1.09. The maximum absolute atomic E-state index is 2.43. The van der Waals surface area contributed by atoms with E-state index in [0.717, 1.165) is 17.1 Å². The molecule has 0 heterocycles. The van der Waals surface area contributed by atoms with E-state index in [1.54, 1.807) is 0 Å². The quantitative estimate of drug-likeness (QED) is 0.150. The van der Waals surface area contributed by atoms with Crippen LogP contribution in [-0.2, 0) is 0 Å². The van der Waals surface area contributed by atoms with Crippen molar-refractivity contribution in [2.75, 3.05) is 4.90 Å². The molecule has 0 saturated carbocycles. The molecule has 10 rings (SSSR count). The first-order valence-electron chi connectivity index (χ1n) is 18.9. The molecule has 0 aliphatic rings. The van der Waals surface area contributed by atoms with E-state index in [0.29, 0.717) is 0 Å². The highest BCUT2D eigenvalue weighted by atomic mass is 15.1. The lowest BCUT2D eigenvalue weighted by atomic mass is 9.93. The molecule has 0 radical (unpaired) electrons. The number of rotatable bonds is 7. The molecule has 0 fully saturated rings. The van der Waals surface area contributed by atoms with Gasteiger partial charge in [-0.3, -0.25) is 0 Å². The predicted molar refractivity (Wildman–Crippen MR) is 235 cm³/mol. The second kappa shape index (κ2) is 14.0. The minimum Gasteiger partial charge on any atom is -0.310 e. The van der Waals surface area contributed by atoms with Gasteiger partial charge >= 0.3 is 0 Å². The normalized spacial score (nSPS) is 11.3. The molecular weight excluding hydrogens is 663 g/mol. The Hall–Kier alpha value is -7.22. The molecular formula is C54H37N. The van der Waals surface area contributed by atoms with Gasteiger partial charge in [0.25, 0.3) is 0 Å². The Labute approximate surface area is 322 Å². The molecule has 0 saturated heterocycles. The van der Waals surface area contributed by atoms with Gasteiger partial charge in [-0.05, 0) is 102 Å². The van der Waals surface area contributed by atoms with Crippen LogP contribution in [0.1, 0.15) is 0 Å². The van der Waals surface area contributed by atoms with Gasteiger partial charge < -0.3 is 4.90 Å². The number of hydrogen-bond donors (Lipinski definition) is 0. The fourth-order valence-electron chi connectivity index (χ4n) is 8.16. The third-order valence-electron chi connectivity index (χ3n) is 10.9. The van der Waals surface area contributed by atoms with E-state index in [2.05, 4.69) is 229 Å². The average molecular weight is 700 g/mol. The third-order valence-corrected chi connectivity index (χ3v) is 10.9. The van der Waals surface area contributed by atoms with Crippen LogP contribution < -0.4 is 4.90 Å². The molecule has 1 nitrogen and oxygen atoms in total. The average Bonchev–Trinajstić information content (AvgIpc) is 3.27. The van der Waals surface area contributed by atoms with Crippen LogP contribution in [0.25, 0.3) is 76.8 Å². The first-order valence-corrected chi connectivity index (χ1v) is 18.9. The topological polar surface area (TPSA) is 3.24 Å². The molecule has 10 aromatic carbocycles. The molecule has 0 amide bonds. The maximum Gasteiger partial charge on any atom is 0.0540 e. The lowest BCUT2D eigenvalue weighted by Gasteiger charge is -2.29. The van der Waals surface area contributed by atoms with Crippen molar-refractivity contribution in [2.45, 2.75) is 0 Å². The first kappa shape index (κ1) is 32.4. The highest BCUT2D eigenvalue weighted by molar-refractivity contribution is 6.25. The van der Waals surface area contributed by atoms with Crippen molar-refractivity contribution in [3.63, 3.8) is 0 Å². The SMILES string of the molecule is c1ccc(-c2ccc(-c3ccc(-c4cccc(N(c5ccc6c7ccccc7c7ccccc7c6c5)c5ccccc5-c5ccccc5)c4)cc3)cc2)cc1. The number of hydrogen-bond acceptors (Lipinski definition) is 1. The van der Waals surface area contributed by atoms with Crippen LogP contribution in [0.15, 0.2) is 224 Å². The van der Waals surface area contributed by atoms with Gasteiger partial charge in [-0.1, -0.05) is 194 Å². The summed E-state index contributed by atoms with van der Waals surface area (Å²) in [5.41, 5.74) is 12.9. The fraction of sp³-hybridized carbons (Fsp3) is 0. The number of benzene rings is 10. The van der Waals surface area contributed by atoms with Crippen LogP contribution in [0.3, 0.4) is 0 Å². The zero-order valence-corrected chi connectivity index (χ0v) is 30.3. The summed E-state index contributed by atoms with van der Waals surface area (Å²) in [4.78, 5) is 2.43. The Kier molecular flexibility index (Phi) is 8.24. The highest BCUT2D eigenvalue weighted by Crippen LogP contribution is 2.44. The zero-order chi connectivity index (χ0) is 36.6. The Morgan fingerprint density at radius 1 is 0.218 bits per heavy atom. The number of para-hydroxylation sites is 1. The molecule has 0 unspecified atom stereocenters. The summed E-state index contributed by atoms with van der Waals surface area (Å²) in [6.45, 7) is 0. The van der Waals surface area contributed by atoms with Crippen molar-refractivity contribution in [1.82, 2.24) is 0 Å². The standard InChI is InChI=1S/C54H37N/c1-3-14-38(15-4-1)39-26-28-40(29-27-39)41-30-32-42(33-31-41)44-18-13-19-45(36-44)55(54-25-12-11-20-47(54)43-16-5-2-6-17-43)46-34-35-52-50-23-8-7-21-48(50)49-22-9-10-24-51(49)53(52)37-46/h1-37H. The third kappa shape index (κ3) is 6.02. The largest absolute Gasteiger partial charge is 0.310 e. The Bertz CT molecular complexity index is 2910. The van der Waals surface area contributed by atoms with Gasteiger partial charge in [0.2, 0.25) is 0 Å². The van der Waals surface area contributed by atoms with E-state index in [1.165, 1.54) is 76.8 Å². The summed E-state index contributed by atoms with van der Waals surface area (Å²) in [7, 11) is 0. The number of nitrogens with zero attached hydrogens (tertiary/aromatic N) is 1. The van der Waals surface area contributed by atoms with Crippen molar-refractivity contribution in [3.05, 3.63) is 224 Å². The monoisotopic (exact) mass is 699 g/mol. The summed E-state index contributed by atoms with van der Waals surface area (Å²) in [5, 5.41) is 7.61. The van der Waals surface area contributed by atoms with Crippen LogP contribution in [-0.4, -0.2) is 0 Å². The van der Waals surface area contributed by atoms with Crippen molar-refractivity contribution in [2.24, 2.45) is 0 Å². The van der Waals surface area contributed by atoms with Gasteiger partial charge in [0, 0.05) is 16.9 Å². The van der Waals surface area contributed by atoms with Gasteiger partial charge in [-0.2, -0.15) is 0 Å². The van der Waals surface area contributed by atoms with Crippen LogP contribution in [0.5, 0.6) is 0 Å². The van der Waals surface area contributed by atoms with E-state index in [-0.39, 0.29) is 0 Å². The van der Waals surface area contributed by atoms with E-state index in [4.69, 9.17) is 0 Å². The smallest absolute Gasteiger partial charge is 0.0540 e. The van der Waals surface area contributed by atoms with Gasteiger partial charge in [-0.25, -0.2) is 0 Å². The fourth-order valence-corrected chi connectivity index (χ4v) is 8.16. The molecule has 55 heavy (non-hydrogen) atoms. The Morgan fingerprint density at radius 3 is 1.20 bits per heavy atom. The van der Waals surface area contributed by atoms with Crippen molar-refractivity contribution in [1.29, 1.82) is 0 Å². The molecule has 10 aromatic rings. The molecule has 0 aromatic heterocycles. The maximum atomic E-state index is 2.43. The molecule has 0 spiro atoms. The molecule has 0 bridgehead atoms. The van der Waals surface area contributed by atoms with Gasteiger partial charge in [0.05, 0.1) is 5.69 Å². The van der Waals surface area contributed by atoms with E-state index >= 15 is 0 Å². The molecule has 0 aliphatic carbocycles. The van der Waals surface area contributed by atoms with Crippen LogP contribution >= 0.6 is 0 Å². The highest BCUT2D eigenvalue weighted by Gasteiger charge is 2.19. The number of fused-ring (bicyclic) bond motifs is 6. The van der Waals surface area contributed by atoms with Crippen LogP contribution in [0.2, 0.25) is 0 Å². The number of anilines is 3. The van der Waals surface area contributed by atoms with Gasteiger partial charge in [-0.15, -0.1) is 0 Å². The minimum atomic E-state index is 1.10. The summed E-state index contributed by atoms with van der Waals surface area (Å²) in [5.74, 6) is 0. The zero-order valence-electron chi connectivity index (χ0n) is 30.3. The molecule has 1 heteroatoms. The lowest BCUT2D eigenvalue weighted by molar-refractivity contribution is 1.29.